The monoisotopic (exact) mass is 608 g/mol. The van der Waals surface area contributed by atoms with Crippen LogP contribution in [0.1, 0.15) is 91.4 Å². The van der Waals surface area contributed by atoms with Gasteiger partial charge in [0, 0.05) is 15.2 Å². The van der Waals surface area contributed by atoms with Gasteiger partial charge in [-0.25, -0.2) is 0 Å². The third kappa shape index (κ3) is 7.48. The van der Waals surface area contributed by atoms with E-state index in [9.17, 15) is 0 Å². The van der Waals surface area contributed by atoms with Crippen molar-refractivity contribution in [3.63, 3.8) is 0 Å². The minimum absolute atomic E-state index is 0. The summed E-state index contributed by atoms with van der Waals surface area (Å²) in [6.07, 6.45) is 17.4. The first-order chi connectivity index (χ1) is 14.4. The van der Waals surface area contributed by atoms with E-state index in [1.807, 2.05) is 0 Å². The van der Waals surface area contributed by atoms with Crippen LogP contribution in [0.3, 0.4) is 0 Å². The van der Waals surface area contributed by atoms with Crippen molar-refractivity contribution in [2.75, 3.05) is 0 Å². The molecule has 194 valence electrons. The Bertz CT molecular complexity index is 589. The molecule has 4 aliphatic rings. The van der Waals surface area contributed by atoms with Crippen molar-refractivity contribution in [3.05, 3.63) is 14.9 Å². The predicted molar refractivity (Wildman–Crippen MR) is 155 cm³/mol. The molecule has 0 nitrogen and oxygen atoms in total. The van der Waals surface area contributed by atoms with Crippen molar-refractivity contribution in [1.29, 1.82) is 0 Å². The van der Waals surface area contributed by atoms with E-state index in [1.165, 1.54) is 12.0 Å². The Balaban J connectivity index is 0.00000103. The molecule has 4 rings (SSSR count). The molecule has 0 spiro atoms. The summed E-state index contributed by atoms with van der Waals surface area (Å²) >= 11 is -0.826. The van der Waals surface area contributed by atoms with Crippen molar-refractivity contribution >= 4 is 32.2 Å². The van der Waals surface area contributed by atoms with E-state index in [0.29, 0.717) is 5.41 Å². The number of hydrogen-bond acceptors (Lipinski definition) is 0. The van der Waals surface area contributed by atoms with Gasteiger partial charge in [-0.2, -0.15) is 0 Å². The van der Waals surface area contributed by atoms with Crippen LogP contribution in [-0.4, -0.2) is 15.2 Å². The van der Waals surface area contributed by atoms with E-state index in [2.05, 4.69) is 47.0 Å². The van der Waals surface area contributed by atoms with E-state index in [1.54, 1.807) is 64.2 Å². The first-order valence-corrected chi connectivity index (χ1v) is 26.9. The summed E-state index contributed by atoms with van der Waals surface area (Å²) in [4.78, 5) is 0. The zero-order valence-electron chi connectivity index (χ0n) is 23.6. The van der Waals surface area contributed by atoms with Gasteiger partial charge >= 0.3 is 37.9 Å². The molecule has 4 aliphatic carbocycles. The van der Waals surface area contributed by atoms with Gasteiger partial charge in [0.05, 0.1) is 0 Å². The van der Waals surface area contributed by atoms with Crippen molar-refractivity contribution in [3.8, 4) is 0 Å². The number of rotatable bonds is 4. The van der Waals surface area contributed by atoms with E-state index < -0.39 is 36.0 Å². The Morgan fingerprint density at radius 1 is 0.727 bits per heavy atom. The summed E-state index contributed by atoms with van der Waals surface area (Å²) in [6.45, 7) is 18.9. The van der Waals surface area contributed by atoms with Crippen LogP contribution in [0.4, 0.5) is 0 Å². The van der Waals surface area contributed by atoms with Gasteiger partial charge in [0.2, 0.25) is 0 Å². The first-order valence-electron chi connectivity index (χ1n) is 13.4. The second kappa shape index (κ2) is 13.1. The first kappa shape index (κ1) is 32.9. The normalized spacial score (nSPS) is 35.8. The summed E-state index contributed by atoms with van der Waals surface area (Å²) in [6, 6.07) is 0. The molecule has 4 fully saturated rings. The molecule has 0 saturated heterocycles. The topological polar surface area (TPSA) is 0 Å². The van der Waals surface area contributed by atoms with Crippen molar-refractivity contribution in [2.45, 2.75) is 129 Å². The summed E-state index contributed by atoms with van der Waals surface area (Å²) < 4.78 is 0. The molecule has 0 aliphatic heterocycles. The van der Waals surface area contributed by atoms with Crippen LogP contribution in [0.5, 0.6) is 0 Å². The molecular formula is C28H56Cl2Si2Zr. The number of fused-ring (bicyclic) bond motifs is 2. The third-order valence-corrected chi connectivity index (χ3v) is 31.8. The summed E-state index contributed by atoms with van der Waals surface area (Å²) in [5.41, 5.74) is 2.85. The Morgan fingerprint density at radius 2 is 1.30 bits per heavy atom. The van der Waals surface area contributed by atoms with Crippen LogP contribution in [-0.2, 0) is 20.8 Å². The van der Waals surface area contributed by atoms with Gasteiger partial charge in [-0.1, -0.05) is 98.3 Å². The van der Waals surface area contributed by atoms with E-state index in [4.69, 9.17) is 17.0 Å². The fourth-order valence-corrected chi connectivity index (χ4v) is 23.0. The van der Waals surface area contributed by atoms with Crippen molar-refractivity contribution < 1.29 is 20.8 Å². The molecule has 4 saturated carbocycles. The maximum absolute atomic E-state index is 4.93. The van der Waals surface area contributed by atoms with Gasteiger partial charge in [0.1, 0.15) is 0 Å². The average molecular weight is 611 g/mol. The van der Waals surface area contributed by atoms with Crippen molar-refractivity contribution in [1.82, 2.24) is 0 Å². The Labute approximate surface area is 230 Å². The SMILES string of the molecule is CC(C)(C)CC1CCC([Si](C)(C)[Si](C)(C)C2CCC3CC4CCCC4CC32)C1.[CH3-].[CH3-].[Cl][Zr+2][Cl]. The van der Waals surface area contributed by atoms with Crippen LogP contribution in [0.25, 0.3) is 0 Å². The third-order valence-electron chi connectivity index (χ3n) is 11.0. The van der Waals surface area contributed by atoms with E-state index in [-0.39, 0.29) is 14.9 Å². The molecule has 7 unspecified atom stereocenters. The number of halogens is 2. The fraction of sp³-hybridized carbons (Fsp3) is 0.929. The summed E-state index contributed by atoms with van der Waals surface area (Å²) in [5.74, 6) is 5.60. The van der Waals surface area contributed by atoms with Gasteiger partial charge in [0.25, 0.3) is 0 Å². The van der Waals surface area contributed by atoms with Gasteiger partial charge < -0.3 is 14.9 Å². The molecule has 7 atom stereocenters. The van der Waals surface area contributed by atoms with E-state index >= 15 is 0 Å². The summed E-state index contributed by atoms with van der Waals surface area (Å²) in [7, 11) is 7.55. The zero-order chi connectivity index (χ0) is 23.0. The van der Waals surface area contributed by atoms with E-state index in [0.717, 1.165) is 35.1 Å². The van der Waals surface area contributed by atoms with Crippen LogP contribution < -0.4 is 0 Å². The average Bonchev–Trinajstić information content (AvgIpc) is 3.37. The summed E-state index contributed by atoms with van der Waals surface area (Å²) in [5, 5.41) is 0. The molecule has 0 radical (unpaired) electrons. The van der Waals surface area contributed by atoms with Crippen LogP contribution in [0, 0.1) is 49.9 Å². The fourth-order valence-electron chi connectivity index (χ4n) is 8.95. The molecule has 0 aromatic rings. The standard InChI is InChI=1S/C26H50Si2.2CH3.2ClH.Zr/c1-26(2,3)18-19-11-13-23(15-19)27(4,5)28(6,7)25-14-12-22-16-20-9-8-10-21(20)17-24(22)25;;;;;/h19-25H,8-18H2,1-7H3;2*1H3;2*1H;/q;2*-1;;;+4/p-2. The molecule has 0 N–H and O–H groups in total. The second-order valence-corrected chi connectivity index (χ2v) is 34.1. The molecular weight excluding hydrogens is 555 g/mol. The van der Waals surface area contributed by atoms with Gasteiger partial charge in [0.15, 0.2) is 0 Å². The Morgan fingerprint density at radius 3 is 1.88 bits per heavy atom. The Hall–Kier alpha value is 1.90. The molecule has 5 heteroatoms. The maximum atomic E-state index is 4.93. The quantitative estimate of drug-likeness (QED) is 0.219. The molecule has 0 aromatic heterocycles. The van der Waals surface area contributed by atoms with Gasteiger partial charge in [-0.05, 0) is 65.3 Å². The second-order valence-electron chi connectivity index (χ2n) is 14.2. The van der Waals surface area contributed by atoms with Gasteiger partial charge in [-0.15, -0.1) is 0 Å². The van der Waals surface area contributed by atoms with Crippen LogP contribution in [0.2, 0.25) is 37.3 Å². The van der Waals surface area contributed by atoms with Crippen molar-refractivity contribution in [2.24, 2.45) is 35.0 Å². The van der Waals surface area contributed by atoms with Crippen LogP contribution in [0.15, 0.2) is 0 Å². The minimum atomic E-state index is -1.16. The molecule has 0 bridgehead atoms. The predicted octanol–water partition coefficient (Wildman–Crippen LogP) is 11.0. The molecule has 0 amide bonds. The number of hydrogen-bond donors (Lipinski definition) is 0. The Kier molecular flexibility index (Phi) is 13.1. The zero-order valence-corrected chi connectivity index (χ0v) is 29.5. The molecule has 0 aromatic carbocycles. The molecule has 0 heterocycles. The molecule has 33 heavy (non-hydrogen) atoms. The van der Waals surface area contributed by atoms with Gasteiger partial charge in [-0.3, -0.25) is 0 Å². The van der Waals surface area contributed by atoms with Crippen LogP contribution >= 0.6 is 17.0 Å².